The van der Waals surface area contributed by atoms with Crippen molar-refractivity contribution in [1.82, 2.24) is 4.90 Å². The van der Waals surface area contributed by atoms with Crippen molar-refractivity contribution >= 4 is 0 Å². The van der Waals surface area contributed by atoms with Crippen LogP contribution in [-0.2, 0) is 0 Å². The van der Waals surface area contributed by atoms with E-state index in [0.717, 1.165) is 38.9 Å². The molecule has 0 amide bonds. The summed E-state index contributed by atoms with van der Waals surface area (Å²) in [4.78, 5) is 2.45. The van der Waals surface area contributed by atoms with E-state index in [1.165, 1.54) is 5.56 Å². The van der Waals surface area contributed by atoms with Gasteiger partial charge in [-0.1, -0.05) is 30.3 Å². The van der Waals surface area contributed by atoms with E-state index in [0.29, 0.717) is 12.5 Å². The minimum absolute atomic E-state index is 0.393. The highest BCUT2D eigenvalue weighted by Gasteiger charge is 2.26. The van der Waals surface area contributed by atoms with Gasteiger partial charge in [-0.15, -0.1) is 0 Å². The molecule has 1 aliphatic rings. The zero-order valence-electron chi connectivity index (χ0n) is 11.9. The Bertz CT molecular complexity index is 378. The highest BCUT2D eigenvalue weighted by atomic mass is 16.3. The Morgan fingerprint density at radius 3 is 2.68 bits per heavy atom. The fourth-order valence-corrected chi connectivity index (χ4v) is 2.85. The van der Waals surface area contributed by atoms with Crippen molar-refractivity contribution in [1.29, 1.82) is 0 Å². The lowest BCUT2D eigenvalue weighted by atomic mass is 9.97. The number of rotatable bonds is 4. The maximum atomic E-state index is 10.1. The van der Waals surface area contributed by atoms with Gasteiger partial charge in [0.1, 0.15) is 0 Å². The van der Waals surface area contributed by atoms with E-state index in [9.17, 15) is 5.11 Å². The summed E-state index contributed by atoms with van der Waals surface area (Å²) in [6.07, 6.45) is 2.83. The molecule has 1 heterocycles. The lowest BCUT2D eigenvalue weighted by molar-refractivity contribution is 0.0445. The van der Waals surface area contributed by atoms with Crippen LogP contribution >= 0.6 is 0 Å². The van der Waals surface area contributed by atoms with E-state index >= 15 is 0 Å². The van der Waals surface area contributed by atoms with E-state index < -0.39 is 5.60 Å². The molecule has 3 heteroatoms. The van der Waals surface area contributed by atoms with Crippen LogP contribution in [0.4, 0.5) is 0 Å². The van der Waals surface area contributed by atoms with Gasteiger partial charge in [-0.05, 0) is 38.3 Å². The van der Waals surface area contributed by atoms with E-state index in [1.54, 1.807) is 0 Å². The quantitative estimate of drug-likeness (QED) is 0.872. The molecule has 0 saturated carbocycles. The number of nitrogens with zero attached hydrogens (tertiary/aromatic N) is 1. The van der Waals surface area contributed by atoms with Crippen LogP contribution in [-0.4, -0.2) is 41.8 Å². The number of nitrogens with two attached hydrogens (primary N) is 1. The van der Waals surface area contributed by atoms with Gasteiger partial charge in [-0.25, -0.2) is 0 Å². The van der Waals surface area contributed by atoms with E-state index in [4.69, 9.17) is 5.73 Å². The Morgan fingerprint density at radius 1 is 1.26 bits per heavy atom. The molecule has 0 radical (unpaired) electrons. The molecule has 2 rings (SSSR count). The van der Waals surface area contributed by atoms with Crippen LogP contribution in [0.25, 0.3) is 0 Å². The molecule has 2 atom stereocenters. The summed E-state index contributed by atoms with van der Waals surface area (Å²) in [5, 5.41) is 10.1. The average Bonchev–Trinajstić information content (AvgIpc) is 2.58. The lowest BCUT2D eigenvalue weighted by Gasteiger charge is -2.26. The molecule has 0 spiro atoms. The second-order valence-corrected chi connectivity index (χ2v) is 5.99. The largest absolute Gasteiger partial charge is 0.390 e. The standard InChI is InChI=1S/C16H26N2O/c1-16(19)8-5-10-18(11-9-16)13-15(12-17)14-6-3-2-4-7-14/h2-4,6-7,15,19H,5,8-13,17H2,1H3. The Labute approximate surface area is 116 Å². The van der Waals surface area contributed by atoms with Gasteiger partial charge in [0.2, 0.25) is 0 Å². The summed E-state index contributed by atoms with van der Waals surface area (Å²) < 4.78 is 0. The van der Waals surface area contributed by atoms with E-state index in [2.05, 4.69) is 29.2 Å². The summed E-state index contributed by atoms with van der Waals surface area (Å²) in [5.74, 6) is 0.393. The maximum absolute atomic E-state index is 10.1. The highest BCUT2D eigenvalue weighted by Crippen LogP contribution is 2.23. The predicted molar refractivity (Wildman–Crippen MR) is 79.2 cm³/mol. The van der Waals surface area contributed by atoms with Gasteiger partial charge in [0.15, 0.2) is 0 Å². The third-order valence-electron chi connectivity index (χ3n) is 4.19. The molecule has 106 valence electrons. The number of likely N-dealkylation sites (tertiary alicyclic amines) is 1. The monoisotopic (exact) mass is 262 g/mol. The molecule has 3 nitrogen and oxygen atoms in total. The molecule has 0 aliphatic carbocycles. The molecule has 0 bridgehead atoms. The van der Waals surface area contributed by atoms with Crippen molar-refractivity contribution in [2.24, 2.45) is 5.73 Å². The lowest BCUT2D eigenvalue weighted by Crippen LogP contribution is -2.33. The van der Waals surface area contributed by atoms with Crippen molar-refractivity contribution in [2.75, 3.05) is 26.2 Å². The van der Waals surface area contributed by atoms with Crippen LogP contribution in [0.1, 0.15) is 37.7 Å². The third-order valence-corrected chi connectivity index (χ3v) is 4.19. The molecule has 1 aromatic carbocycles. The van der Waals surface area contributed by atoms with Gasteiger partial charge in [0.25, 0.3) is 0 Å². The normalized spacial score (nSPS) is 26.9. The third kappa shape index (κ3) is 4.30. The first-order valence-corrected chi connectivity index (χ1v) is 7.30. The topological polar surface area (TPSA) is 49.5 Å². The molecular weight excluding hydrogens is 236 g/mol. The summed E-state index contributed by atoms with van der Waals surface area (Å²) in [7, 11) is 0. The van der Waals surface area contributed by atoms with Crippen molar-refractivity contribution < 1.29 is 5.11 Å². The summed E-state index contributed by atoms with van der Waals surface area (Å²) >= 11 is 0. The van der Waals surface area contributed by atoms with Crippen LogP contribution in [0, 0.1) is 0 Å². The number of aliphatic hydroxyl groups is 1. The van der Waals surface area contributed by atoms with Crippen molar-refractivity contribution in [3.05, 3.63) is 35.9 Å². The second-order valence-electron chi connectivity index (χ2n) is 5.99. The van der Waals surface area contributed by atoms with Crippen LogP contribution < -0.4 is 5.73 Å². The summed E-state index contributed by atoms with van der Waals surface area (Å²) in [6, 6.07) is 10.5. The molecule has 0 aromatic heterocycles. The van der Waals surface area contributed by atoms with Gasteiger partial charge in [-0.2, -0.15) is 0 Å². The summed E-state index contributed by atoms with van der Waals surface area (Å²) in [5.41, 5.74) is 6.77. The zero-order valence-corrected chi connectivity index (χ0v) is 11.9. The number of hydrogen-bond donors (Lipinski definition) is 2. The first-order valence-electron chi connectivity index (χ1n) is 7.30. The molecule has 1 aliphatic heterocycles. The van der Waals surface area contributed by atoms with Gasteiger partial charge in [0, 0.05) is 25.6 Å². The highest BCUT2D eigenvalue weighted by molar-refractivity contribution is 5.20. The molecule has 1 fully saturated rings. The summed E-state index contributed by atoms with van der Waals surface area (Å²) in [6.45, 7) is 5.66. The van der Waals surface area contributed by atoms with Crippen molar-refractivity contribution in [3.8, 4) is 0 Å². The SMILES string of the molecule is CC1(O)CCCN(CC(CN)c2ccccc2)CC1. The minimum atomic E-state index is -0.486. The molecule has 1 saturated heterocycles. The van der Waals surface area contributed by atoms with Gasteiger partial charge < -0.3 is 15.7 Å². The van der Waals surface area contributed by atoms with Crippen LogP contribution in [0.3, 0.4) is 0 Å². The maximum Gasteiger partial charge on any atom is 0.0632 e. The Morgan fingerprint density at radius 2 is 2.00 bits per heavy atom. The van der Waals surface area contributed by atoms with Crippen LogP contribution in [0.15, 0.2) is 30.3 Å². The Hall–Kier alpha value is -0.900. The molecule has 3 N–H and O–H groups in total. The zero-order chi connectivity index (χ0) is 13.7. The van der Waals surface area contributed by atoms with E-state index in [1.807, 2.05) is 13.0 Å². The molecular formula is C16H26N2O. The van der Waals surface area contributed by atoms with Gasteiger partial charge in [0.05, 0.1) is 5.60 Å². The van der Waals surface area contributed by atoms with Crippen LogP contribution in [0.2, 0.25) is 0 Å². The average molecular weight is 262 g/mol. The number of hydrogen-bond acceptors (Lipinski definition) is 3. The number of benzene rings is 1. The fourth-order valence-electron chi connectivity index (χ4n) is 2.85. The fraction of sp³-hybridized carbons (Fsp3) is 0.625. The van der Waals surface area contributed by atoms with Crippen LogP contribution in [0.5, 0.6) is 0 Å². The van der Waals surface area contributed by atoms with Gasteiger partial charge >= 0.3 is 0 Å². The Balaban J connectivity index is 1.95. The molecule has 2 unspecified atom stereocenters. The predicted octanol–water partition coefficient (Wildman–Crippen LogP) is 1.97. The van der Waals surface area contributed by atoms with Gasteiger partial charge in [-0.3, -0.25) is 0 Å². The van der Waals surface area contributed by atoms with E-state index in [-0.39, 0.29) is 0 Å². The molecule has 19 heavy (non-hydrogen) atoms. The minimum Gasteiger partial charge on any atom is -0.390 e. The van der Waals surface area contributed by atoms with Crippen molar-refractivity contribution in [2.45, 2.75) is 37.7 Å². The first kappa shape index (κ1) is 14.5. The second kappa shape index (κ2) is 6.51. The first-order chi connectivity index (χ1) is 9.11. The smallest absolute Gasteiger partial charge is 0.0632 e. The Kier molecular flexibility index (Phi) is 4.97. The molecule has 1 aromatic rings. The van der Waals surface area contributed by atoms with Crippen molar-refractivity contribution in [3.63, 3.8) is 0 Å².